The Kier molecular flexibility index (Phi) is 5.11. The van der Waals surface area contributed by atoms with Crippen molar-refractivity contribution in [2.75, 3.05) is 5.32 Å². The van der Waals surface area contributed by atoms with Gasteiger partial charge in [0, 0.05) is 12.6 Å². The normalized spacial score (nSPS) is 15.0. The number of hydrogen-bond donors (Lipinski definition) is 1. The van der Waals surface area contributed by atoms with E-state index >= 15 is 0 Å². The molecule has 1 saturated carbocycles. The average molecular weight is 311 g/mol. The summed E-state index contributed by atoms with van der Waals surface area (Å²) in [6.45, 7) is 2.83. The molecule has 1 aromatic heterocycles. The molecule has 0 saturated heterocycles. The van der Waals surface area contributed by atoms with Gasteiger partial charge in [-0.1, -0.05) is 49.9 Å². The molecule has 2 aromatic rings. The number of nitrogens with one attached hydrogen (secondary N) is 1. The van der Waals surface area contributed by atoms with E-state index in [0.29, 0.717) is 6.42 Å². The van der Waals surface area contributed by atoms with Crippen molar-refractivity contribution in [3.8, 4) is 0 Å². The molecule has 1 heterocycles. The number of carbonyl (C=O) groups excluding carboxylic acids is 1. The van der Waals surface area contributed by atoms with Gasteiger partial charge in [0.2, 0.25) is 5.91 Å². The van der Waals surface area contributed by atoms with Crippen LogP contribution in [0.3, 0.4) is 0 Å². The van der Waals surface area contributed by atoms with Crippen molar-refractivity contribution < 1.29 is 4.79 Å². The lowest BCUT2D eigenvalue weighted by molar-refractivity contribution is -0.116. The van der Waals surface area contributed by atoms with Crippen molar-refractivity contribution in [3.63, 3.8) is 0 Å². The molecule has 0 unspecified atom stereocenters. The molecular weight excluding hydrogens is 286 g/mol. The zero-order valence-electron chi connectivity index (χ0n) is 13.8. The quantitative estimate of drug-likeness (QED) is 0.871. The van der Waals surface area contributed by atoms with Gasteiger partial charge in [-0.2, -0.15) is 5.10 Å². The van der Waals surface area contributed by atoms with E-state index in [1.807, 2.05) is 23.0 Å². The van der Waals surface area contributed by atoms with Gasteiger partial charge in [0.1, 0.15) is 0 Å². The number of rotatable bonds is 6. The minimum Gasteiger partial charge on any atom is -0.323 e. The second-order valence-electron chi connectivity index (χ2n) is 6.59. The van der Waals surface area contributed by atoms with Crippen LogP contribution in [0, 0.1) is 12.8 Å². The Morgan fingerprint density at radius 1 is 1.30 bits per heavy atom. The van der Waals surface area contributed by atoms with Gasteiger partial charge < -0.3 is 5.32 Å². The highest BCUT2D eigenvalue weighted by atomic mass is 16.1. The Labute approximate surface area is 137 Å². The van der Waals surface area contributed by atoms with E-state index in [0.717, 1.165) is 24.6 Å². The highest BCUT2D eigenvalue weighted by Crippen LogP contribution is 2.28. The third-order valence-corrected chi connectivity index (χ3v) is 4.76. The molecule has 1 aliphatic carbocycles. The zero-order chi connectivity index (χ0) is 16.1. The van der Waals surface area contributed by atoms with Crippen molar-refractivity contribution >= 4 is 11.6 Å². The highest BCUT2D eigenvalue weighted by molar-refractivity contribution is 5.90. The Morgan fingerprint density at radius 3 is 2.87 bits per heavy atom. The lowest BCUT2D eigenvalue weighted by Gasteiger charge is -2.08. The Morgan fingerprint density at radius 2 is 2.09 bits per heavy atom. The summed E-state index contributed by atoms with van der Waals surface area (Å²) in [4.78, 5) is 12.0. The first-order valence-corrected chi connectivity index (χ1v) is 8.57. The fourth-order valence-electron chi connectivity index (χ4n) is 3.33. The van der Waals surface area contributed by atoms with Crippen molar-refractivity contribution in [2.24, 2.45) is 5.92 Å². The third-order valence-electron chi connectivity index (χ3n) is 4.76. The molecular formula is C19H25N3O. The van der Waals surface area contributed by atoms with Crippen molar-refractivity contribution in [1.82, 2.24) is 9.78 Å². The van der Waals surface area contributed by atoms with Gasteiger partial charge in [0.15, 0.2) is 0 Å². The number of carbonyl (C=O) groups is 1. The molecule has 1 N–H and O–H groups in total. The van der Waals surface area contributed by atoms with Crippen molar-refractivity contribution in [2.45, 2.75) is 52.0 Å². The second kappa shape index (κ2) is 7.44. The van der Waals surface area contributed by atoms with Crippen LogP contribution < -0.4 is 5.32 Å². The summed E-state index contributed by atoms with van der Waals surface area (Å²) >= 11 is 0. The third kappa shape index (κ3) is 4.44. The van der Waals surface area contributed by atoms with Crippen LogP contribution in [0.5, 0.6) is 0 Å². The summed E-state index contributed by atoms with van der Waals surface area (Å²) in [7, 11) is 0. The molecule has 0 aliphatic heterocycles. The van der Waals surface area contributed by atoms with Gasteiger partial charge in [-0.25, -0.2) is 0 Å². The smallest absolute Gasteiger partial charge is 0.224 e. The first-order chi connectivity index (χ1) is 11.2. The maximum absolute atomic E-state index is 12.0. The van der Waals surface area contributed by atoms with Crippen molar-refractivity contribution in [1.29, 1.82) is 0 Å². The first kappa shape index (κ1) is 15.8. The summed E-state index contributed by atoms with van der Waals surface area (Å²) in [5.74, 6) is 0.858. The van der Waals surface area contributed by atoms with E-state index < -0.39 is 0 Å². The van der Waals surface area contributed by atoms with E-state index in [1.165, 1.54) is 36.8 Å². The number of aromatic nitrogens is 2. The Bertz CT molecular complexity index is 656. The van der Waals surface area contributed by atoms with Crippen LogP contribution in [-0.2, 0) is 11.3 Å². The predicted octanol–water partition coefficient (Wildman–Crippen LogP) is 4.15. The van der Waals surface area contributed by atoms with E-state index in [1.54, 1.807) is 6.20 Å². The molecule has 0 spiro atoms. The molecule has 0 bridgehead atoms. The van der Waals surface area contributed by atoms with E-state index in [2.05, 4.69) is 29.5 Å². The number of anilines is 1. The molecule has 122 valence electrons. The lowest BCUT2D eigenvalue weighted by atomic mass is 10.0. The van der Waals surface area contributed by atoms with Crippen LogP contribution in [-0.4, -0.2) is 15.7 Å². The monoisotopic (exact) mass is 311 g/mol. The van der Waals surface area contributed by atoms with E-state index in [4.69, 9.17) is 0 Å². The topological polar surface area (TPSA) is 46.9 Å². The summed E-state index contributed by atoms with van der Waals surface area (Å²) < 4.78 is 1.87. The average Bonchev–Trinajstić information content (AvgIpc) is 3.19. The van der Waals surface area contributed by atoms with Gasteiger partial charge >= 0.3 is 0 Å². The Hall–Kier alpha value is -2.10. The van der Waals surface area contributed by atoms with Crippen LogP contribution in [0.1, 0.15) is 49.7 Å². The molecule has 1 aromatic carbocycles. The fourth-order valence-corrected chi connectivity index (χ4v) is 3.33. The summed E-state index contributed by atoms with van der Waals surface area (Å²) in [6, 6.07) is 8.29. The van der Waals surface area contributed by atoms with Crippen LogP contribution in [0.25, 0.3) is 0 Å². The van der Waals surface area contributed by atoms with E-state index in [9.17, 15) is 4.79 Å². The first-order valence-electron chi connectivity index (χ1n) is 8.57. The highest BCUT2D eigenvalue weighted by Gasteiger charge is 2.16. The fraction of sp³-hybridized carbons (Fsp3) is 0.474. The molecule has 1 aliphatic rings. The minimum atomic E-state index is 0.104. The van der Waals surface area contributed by atoms with Gasteiger partial charge in [-0.15, -0.1) is 0 Å². The summed E-state index contributed by atoms with van der Waals surface area (Å²) in [6.07, 6.45) is 10.5. The summed E-state index contributed by atoms with van der Waals surface area (Å²) in [5, 5.41) is 7.31. The number of amides is 1. The van der Waals surface area contributed by atoms with Gasteiger partial charge in [0.25, 0.3) is 0 Å². The molecule has 1 amide bonds. The lowest BCUT2D eigenvalue weighted by Crippen LogP contribution is -2.12. The van der Waals surface area contributed by atoms with Crippen molar-refractivity contribution in [3.05, 3.63) is 47.8 Å². The second-order valence-corrected chi connectivity index (χ2v) is 6.59. The molecule has 3 rings (SSSR count). The molecule has 4 nitrogen and oxygen atoms in total. The van der Waals surface area contributed by atoms with Crippen LogP contribution in [0.2, 0.25) is 0 Å². The SMILES string of the molecule is Cc1ccccc1Cn1cc(NC(=O)CCC2CCCC2)cn1. The van der Waals surface area contributed by atoms with Gasteiger partial charge in [-0.05, 0) is 30.4 Å². The van der Waals surface area contributed by atoms with Crippen LogP contribution in [0.15, 0.2) is 36.7 Å². The minimum absolute atomic E-state index is 0.104. The molecule has 4 heteroatoms. The Balaban J connectivity index is 1.50. The maximum atomic E-state index is 12.0. The van der Waals surface area contributed by atoms with Gasteiger partial charge in [0.05, 0.1) is 18.4 Å². The number of aryl methyl sites for hydroxylation is 1. The zero-order valence-corrected chi connectivity index (χ0v) is 13.8. The standard InChI is InChI=1S/C19H25N3O/c1-15-6-2-5-9-17(15)13-22-14-18(12-20-22)21-19(23)11-10-16-7-3-4-8-16/h2,5-6,9,12,14,16H,3-4,7-8,10-11,13H2,1H3,(H,21,23). The predicted molar refractivity (Wildman–Crippen MR) is 92.3 cm³/mol. The molecule has 0 radical (unpaired) electrons. The number of nitrogens with zero attached hydrogens (tertiary/aromatic N) is 2. The number of hydrogen-bond acceptors (Lipinski definition) is 2. The largest absolute Gasteiger partial charge is 0.323 e. The van der Waals surface area contributed by atoms with E-state index in [-0.39, 0.29) is 5.91 Å². The number of benzene rings is 1. The molecule has 23 heavy (non-hydrogen) atoms. The van der Waals surface area contributed by atoms with Crippen LogP contribution >= 0.6 is 0 Å². The summed E-state index contributed by atoms with van der Waals surface area (Å²) in [5.41, 5.74) is 3.29. The van der Waals surface area contributed by atoms with Gasteiger partial charge in [-0.3, -0.25) is 9.48 Å². The molecule has 0 atom stereocenters. The maximum Gasteiger partial charge on any atom is 0.224 e. The molecule has 1 fully saturated rings. The van der Waals surface area contributed by atoms with Crippen LogP contribution in [0.4, 0.5) is 5.69 Å².